The van der Waals surface area contributed by atoms with Crippen LogP contribution in [-0.2, 0) is 21.3 Å². The second-order valence-corrected chi connectivity index (χ2v) is 5.25. The summed E-state index contributed by atoms with van der Waals surface area (Å²) in [7, 11) is -4.47. The van der Waals surface area contributed by atoms with E-state index in [1.807, 2.05) is 0 Å². The van der Waals surface area contributed by atoms with Gasteiger partial charge in [-0.3, -0.25) is 4.79 Å². The number of aliphatic carboxylic acids is 1. The Morgan fingerprint density at radius 1 is 1.11 bits per heavy atom. The van der Waals surface area contributed by atoms with E-state index in [1.54, 1.807) is 18.2 Å². The fourth-order valence-corrected chi connectivity index (χ4v) is 2.22. The average molecular weight is 304 g/mol. The summed E-state index contributed by atoms with van der Waals surface area (Å²) in [6, 6.07) is 8.84. The van der Waals surface area contributed by atoms with Gasteiger partial charge in [-0.15, -0.1) is 0 Å². The third kappa shape index (κ3) is 4.35. The van der Waals surface area contributed by atoms with Gasteiger partial charge in [0.1, 0.15) is 10.1 Å². The monoisotopic (exact) mass is 304 g/mol. The zero-order valence-corrected chi connectivity index (χ0v) is 14.1. The largest absolute Gasteiger partial charge is 1.00 e. The van der Waals surface area contributed by atoms with E-state index in [9.17, 15) is 17.8 Å². The van der Waals surface area contributed by atoms with Crippen molar-refractivity contribution in [2.75, 3.05) is 0 Å². The Kier molecular flexibility index (Phi) is 5.69. The van der Waals surface area contributed by atoms with Crippen LogP contribution in [-0.4, -0.2) is 24.0 Å². The van der Waals surface area contributed by atoms with Gasteiger partial charge < -0.3 is 9.66 Å². The number of carboxylic acids is 1. The number of hydrogen-bond acceptors (Lipinski definition) is 4. The molecule has 0 unspecified atom stereocenters. The minimum absolute atomic E-state index is 0. The van der Waals surface area contributed by atoms with Gasteiger partial charge >= 0.3 is 57.4 Å². The molecule has 0 aliphatic carbocycles. The fourth-order valence-electron chi connectivity index (χ4n) is 1.71. The number of carboxylic acid groups (broad SMARTS) is 1. The van der Waals surface area contributed by atoms with Gasteiger partial charge in [0.25, 0.3) is 0 Å². The van der Waals surface area contributed by atoms with Crippen LogP contribution in [0.2, 0.25) is 0 Å². The van der Waals surface area contributed by atoms with E-state index in [4.69, 9.17) is 5.11 Å². The molecule has 19 heavy (non-hydrogen) atoms. The number of carbonyl (C=O) groups is 1. The predicted octanol–water partition coefficient (Wildman–Crippen LogP) is -1.62. The van der Waals surface area contributed by atoms with Crippen molar-refractivity contribution < 1.29 is 74.3 Å². The summed E-state index contributed by atoms with van der Waals surface area (Å²) < 4.78 is 32.6. The Labute approximate surface area is 152 Å². The maximum Gasteiger partial charge on any atom is 1.00 e. The zero-order valence-electron chi connectivity index (χ0n) is 10.2. The van der Waals surface area contributed by atoms with Gasteiger partial charge in [-0.2, -0.15) is 0 Å². The summed E-state index contributed by atoms with van der Waals surface area (Å²) in [6.07, 6.45) is -0.0997. The molecule has 0 spiro atoms. The summed E-state index contributed by atoms with van der Waals surface area (Å²) in [4.78, 5) is 10.3. The molecule has 94 valence electrons. The van der Waals surface area contributed by atoms with Gasteiger partial charge in [-0.1, -0.05) is 24.3 Å². The molecule has 0 bridgehead atoms. The van der Waals surface area contributed by atoms with Crippen molar-refractivity contribution in [1.29, 1.82) is 0 Å². The Balaban J connectivity index is 0.00000180. The van der Waals surface area contributed by atoms with Crippen molar-refractivity contribution in [3.05, 3.63) is 42.0 Å². The average Bonchev–Trinajstić information content (AvgIpc) is 2.26. The molecule has 2 aromatic rings. The second-order valence-electron chi connectivity index (χ2n) is 3.87. The minimum atomic E-state index is -4.47. The molecular formula is C12H9KO5S. The molecule has 0 amide bonds. The van der Waals surface area contributed by atoms with Crippen LogP contribution in [0.5, 0.6) is 0 Å². The number of benzene rings is 2. The molecule has 0 aromatic heterocycles. The van der Waals surface area contributed by atoms with Gasteiger partial charge in [-0.25, -0.2) is 8.42 Å². The Morgan fingerprint density at radius 3 is 2.26 bits per heavy atom. The van der Waals surface area contributed by atoms with Gasteiger partial charge in [0, 0.05) is 0 Å². The summed E-state index contributed by atoms with van der Waals surface area (Å²) >= 11 is 0. The third-order valence-electron chi connectivity index (χ3n) is 2.52. The maximum atomic E-state index is 10.9. The number of rotatable bonds is 3. The summed E-state index contributed by atoms with van der Waals surface area (Å²) in [5.41, 5.74) is 0.618. The van der Waals surface area contributed by atoms with E-state index >= 15 is 0 Å². The predicted molar refractivity (Wildman–Crippen MR) is 63.3 cm³/mol. The van der Waals surface area contributed by atoms with Crippen LogP contribution in [0.25, 0.3) is 10.8 Å². The molecule has 0 radical (unpaired) electrons. The van der Waals surface area contributed by atoms with E-state index in [1.165, 1.54) is 18.2 Å². The van der Waals surface area contributed by atoms with Crippen LogP contribution < -0.4 is 51.4 Å². The first-order chi connectivity index (χ1) is 8.36. The van der Waals surface area contributed by atoms with Crippen molar-refractivity contribution in [3.8, 4) is 0 Å². The molecule has 5 nitrogen and oxygen atoms in total. The molecule has 2 rings (SSSR count). The SMILES string of the molecule is O=C(O)Cc1ccc2cc(S(=O)(=O)[O-])ccc2c1.[K+]. The van der Waals surface area contributed by atoms with Crippen LogP contribution >= 0.6 is 0 Å². The molecule has 0 aliphatic heterocycles. The number of fused-ring (bicyclic) bond motifs is 1. The van der Waals surface area contributed by atoms with Crippen LogP contribution in [0.4, 0.5) is 0 Å². The topological polar surface area (TPSA) is 94.5 Å². The van der Waals surface area contributed by atoms with E-state index < -0.39 is 16.1 Å². The van der Waals surface area contributed by atoms with E-state index in [-0.39, 0.29) is 62.7 Å². The molecule has 0 saturated carbocycles. The first kappa shape index (κ1) is 16.8. The number of hydrogen-bond donors (Lipinski definition) is 1. The molecule has 0 atom stereocenters. The minimum Gasteiger partial charge on any atom is -0.744 e. The smallest absolute Gasteiger partial charge is 0.744 e. The molecule has 0 heterocycles. The van der Waals surface area contributed by atoms with Crippen molar-refractivity contribution in [1.82, 2.24) is 0 Å². The molecule has 7 heteroatoms. The Hall–Kier alpha value is -0.284. The van der Waals surface area contributed by atoms with Crippen LogP contribution in [0.15, 0.2) is 41.3 Å². The van der Waals surface area contributed by atoms with Gasteiger partial charge in [0.2, 0.25) is 0 Å². The van der Waals surface area contributed by atoms with E-state index in [0.29, 0.717) is 16.3 Å². The van der Waals surface area contributed by atoms with Crippen LogP contribution in [0.1, 0.15) is 5.56 Å². The normalized spacial score (nSPS) is 11.0. The standard InChI is InChI=1S/C12H10O5S.K/c13-12(14)6-8-1-2-10-7-11(18(15,16)17)4-3-9(10)5-8;/h1-5,7H,6H2,(H,13,14)(H,15,16,17);/q;+1/p-1. The van der Waals surface area contributed by atoms with E-state index in [2.05, 4.69) is 0 Å². The zero-order chi connectivity index (χ0) is 13.3. The first-order valence-corrected chi connectivity index (χ1v) is 6.47. The summed E-state index contributed by atoms with van der Waals surface area (Å²) in [5, 5.41) is 9.95. The first-order valence-electron chi connectivity index (χ1n) is 5.07. The van der Waals surface area contributed by atoms with Crippen molar-refractivity contribution in [3.63, 3.8) is 0 Å². The molecule has 2 aromatic carbocycles. The molecule has 1 N–H and O–H groups in total. The van der Waals surface area contributed by atoms with Crippen LogP contribution in [0, 0.1) is 0 Å². The van der Waals surface area contributed by atoms with Crippen molar-refractivity contribution >= 4 is 26.9 Å². The summed E-state index contributed by atoms with van der Waals surface area (Å²) in [5.74, 6) is -0.937. The quantitative estimate of drug-likeness (QED) is 0.543. The molecule has 0 fully saturated rings. The maximum absolute atomic E-state index is 10.9. The van der Waals surface area contributed by atoms with Crippen molar-refractivity contribution in [2.45, 2.75) is 11.3 Å². The Morgan fingerprint density at radius 2 is 1.68 bits per heavy atom. The van der Waals surface area contributed by atoms with Crippen LogP contribution in [0.3, 0.4) is 0 Å². The van der Waals surface area contributed by atoms with E-state index in [0.717, 1.165) is 0 Å². The fraction of sp³-hybridized carbons (Fsp3) is 0.0833. The van der Waals surface area contributed by atoms with Gasteiger partial charge in [0.05, 0.1) is 11.3 Å². The second kappa shape index (κ2) is 6.44. The van der Waals surface area contributed by atoms with Crippen molar-refractivity contribution in [2.24, 2.45) is 0 Å². The molecule has 0 saturated heterocycles. The Bertz CT molecular complexity index is 724. The molecule has 0 aliphatic rings. The third-order valence-corrected chi connectivity index (χ3v) is 3.35. The summed E-state index contributed by atoms with van der Waals surface area (Å²) in [6.45, 7) is 0. The van der Waals surface area contributed by atoms with Gasteiger partial charge in [-0.05, 0) is 28.5 Å². The van der Waals surface area contributed by atoms with Gasteiger partial charge in [0.15, 0.2) is 0 Å². The molecular weight excluding hydrogens is 295 g/mol.